The van der Waals surface area contributed by atoms with Gasteiger partial charge in [0.05, 0.1) is 22.8 Å². The summed E-state index contributed by atoms with van der Waals surface area (Å²) in [7, 11) is 1.99. The molecule has 0 fully saturated rings. The third-order valence-corrected chi connectivity index (χ3v) is 4.57. The Morgan fingerprint density at radius 2 is 1.78 bits per heavy atom. The largest absolute Gasteiger partial charge is 0.326 e. The molecule has 0 bridgehead atoms. The first-order valence-electron chi connectivity index (χ1n) is 7.48. The second-order valence-electron chi connectivity index (χ2n) is 5.84. The number of rotatable bonds is 5. The lowest BCUT2D eigenvalue weighted by Crippen LogP contribution is -3.08. The van der Waals surface area contributed by atoms with E-state index in [1.165, 1.54) is 11.1 Å². The molecule has 0 saturated heterocycles. The van der Waals surface area contributed by atoms with E-state index in [4.69, 9.17) is 23.2 Å². The van der Waals surface area contributed by atoms with Crippen molar-refractivity contribution >= 4 is 34.8 Å². The van der Waals surface area contributed by atoms with Crippen molar-refractivity contribution in [3.05, 3.63) is 63.1 Å². The van der Waals surface area contributed by atoms with Crippen LogP contribution >= 0.6 is 23.2 Å². The van der Waals surface area contributed by atoms with Gasteiger partial charge in [0.15, 0.2) is 6.54 Å². The Hall–Kier alpha value is -1.55. The molecule has 3 nitrogen and oxygen atoms in total. The van der Waals surface area contributed by atoms with Gasteiger partial charge in [-0.2, -0.15) is 0 Å². The minimum atomic E-state index is -0.106. The van der Waals surface area contributed by atoms with Crippen LogP contribution < -0.4 is 10.2 Å². The maximum atomic E-state index is 12.3. The Bertz CT molecular complexity index is 716. The molecule has 23 heavy (non-hydrogen) atoms. The number of anilines is 1. The summed E-state index contributed by atoms with van der Waals surface area (Å²) in [6.07, 6.45) is 0. The second-order valence-corrected chi connectivity index (χ2v) is 6.62. The van der Waals surface area contributed by atoms with E-state index in [1.54, 1.807) is 6.07 Å². The zero-order valence-electron chi connectivity index (χ0n) is 13.5. The third-order valence-electron chi connectivity index (χ3n) is 3.76. The molecule has 2 aromatic carbocycles. The second kappa shape index (κ2) is 7.82. The number of aryl methyl sites for hydroxylation is 2. The van der Waals surface area contributed by atoms with Crippen LogP contribution in [-0.4, -0.2) is 19.5 Å². The van der Waals surface area contributed by atoms with Gasteiger partial charge >= 0.3 is 0 Å². The molecule has 2 rings (SSSR count). The molecule has 0 aliphatic rings. The van der Waals surface area contributed by atoms with E-state index in [2.05, 4.69) is 24.4 Å². The highest BCUT2D eigenvalue weighted by Crippen LogP contribution is 2.32. The molecule has 0 heterocycles. The summed E-state index contributed by atoms with van der Waals surface area (Å²) < 4.78 is 0. The van der Waals surface area contributed by atoms with Crippen molar-refractivity contribution in [1.82, 2.24) is 0 Å². The highest BCUT2D eigenvalue weighted by molar-refractivity contribution is 6.40. The summed E-state index contributed by atoms with van der Waals surface area (Å²) in [4.78, 5) is 13.4. The Balaban J connectivity index is 2.00. The van der Waals surface area contributed by atoms with Gasteiger partial charge in [0.1, 0.15) is 6.54 Å². The first kappa shape index (κ1) is 17.8. The standard InChI is InChI=1S/C18H20Cl2N2O/c1-12-6-4-5-7-14(12)10-22(3)11-16(23)21-18-15(19)9-8-13(2)17(18)20/h4-9H,10-11H2,1-3H3,(H,21,23)/p+1. The van der Waals surface area contributed by atoms with Gasteiger partial charge in [-0.15, -0.1) is 0 Å². The van der Waals surface area contributed by atoms with E-state index in [-0.39, 0.29) is 5.91 Å². The van der Waals surface area contributed by atoms with Crippen molar-refractivity contribution in [3.63, 3.8) is 0 Å². The van der Waals surface area contributed by atoms with Gasteiger partial charge in [0.25, 0.3) is 5.91 Å². The molecule has 0 radical (unpaired) electrons. The summed E-state index contributed by atoms with van der Waals surface area (Å²) in [5.41, 5.74) is 3.84. The lowest BCUT2D eigenvalue weighted by atomic mass is 10.1. The fraction of sp³-hybridized carbons (Fsp3) is 0.278. The van der Waals surface area contributed by atoms with Gasteiger partial charge in [-0.3, -0.25) is 4.79 Å². The smallest absolute Gasteiger partial charge is 0.279 e. The van der Waals surface area contributed by atoms with Crippen LogP contribution in [0.25, 0.3) is 0 Å². The Kier molecular flexibility index (Phi) is 6.05. The van der Waals surface area contributed by atoms with Gasteiger partial charge in [-0.1, -0.05) is 53.5 Å². The number of hydrogen-bond donors (Lipinski definition) is 2. The van der Waals surface area contributed by atoms with Gasteiger partial charge in [-0.05, 0) is 31.0 Å². The first-order chi connectivity index (χ1) is 10.9. The van der Waals surface area contributed by atoms with Crippen molar-refractivity contribution in [1.29, 1.82) is 0 Å². The quantitative estimate of drug-likeness (QED) is 0.851. The van der Waals surface area contributed by atoms with Gasteiger partial charge < -0.3 is 10.2 Å². The molecule has 2 N–H and O–H groups in total. The molecular weight excluding hydrogens is 331 g/mol. The fourth-order valence-corrected chi connectivity index (χ4v) is 2.89. The van der Waals surface area contributed by atoms with Crippen LogP contribution in [0.1, 0.15) is 16.7 Å². The zero-order valence-corrected chi connectivity index (χ0v) is 15.1. The maximum Gasteiger partial charge on any atom is 0.279 e. The highest BCUT2D eigenvalue weighted by atomic mass is 35.5. The van der Waals surface area contributed by atoms with E-state index in [0.717, 1.165) is 17.0 Å². The average Bonchev–Trinajstić information content (AvgIpc) is 2.50. The van der Waals surface area contributed by atoms with E-state index < -0.39 is 0 Å². The Morgan fingerprint density at radius 1 is 1.09 bits per heavy atom. The molecule has 2 aromatic rings. The SMILES string of the molecule is Cc1ccccc1C[NH+](C)CC(=O)Nc1c(Cl)ccc(C)c1Cl. The molecule has 122 valence electrons. The number of hydrogen-bond acceptors (Lipinski definition) is 1. The molecule has 1 amide bonds. The van der Waals surface area contributed by atoms with Crippen molar-refractivity contribution in [2.75, 3.05) is 18.9 Å². The molecule has 0 spiro atoms. The van der Waals surface area contributed by atoms with Crippen molar-refractivity contribution in [3.8, 4) is 0 Å². The van der Waals surface area contributed by atoms with Gasteiger partial charge in [0, 0.05) is 5.56 Å². The van der Waals surface area contributed by atoms with Crippen LogP contribution in [0, 0.1) is 13.8 Å². The molecule has 0 saturated carbocycles. The van der Waals surface area contributed by atoms with E-state index in [9.17, 15) is 4.79 Å². The van der Waals surface area contributed by atoms with Crippen LogP contribution in [0.4, 0.5) is 5.69 Å². The van der Waals surface area contributed by atoms with E-state index in [0.29, 0.717) is 22.3 Å². The minimum Gasteiger partial charge on any atom is -0.326 e. The van der Waals surface area contributed by atoms with Crippen LogP contribution in [0.15, 0.2) is 36.4 Å². The normalized spacial score (nSPS) is 12.0. The molecule has 1 unspecified atom stereocenters. The highest BCUT2D eigenvalue weighted by Gasteiger charge is 2.15. The van der Waals surface area contributed by atoms with Crippen LogP contribution in [0.2, 0.25) is 10.0 Å². The summed E-state index contributed by atoms with van der Waals surface area (Å²) >= 11 is 12.4. The predicted octanol–water partition coefficient (Wildman–Crippen LogP) is 3.26. The number of amides is 1. The monoisotopic (exact) mass is 351 g/mol. The zero-order chi connectivity index (χ0) is 17.0. The van der Waals surface area contributed by atoms with Crippen LogP contribution in [0.5, 0.6) is 0 Å². The number of halogens is 2. The molecular formula is C18H21Cl2N2O+. The Labute approximate surface area is 147 Å². The average molecular weight is 352 g/mol. The fourth-order valence-electron chi connectivity index (χ4n) is 2.43. The molecule has 1 atom stereocenters. The predicted molar refractivity (Wildman–Crippen MR) is 96.5 cm³/mol. The number of carbonyl (C=O) groups excluding carboxylic acids is 1. The summed E-state index contributed by atoms with van der Waals surface area (Å²) in [5, 5.41) is 3.76. The lowest BCUT2D eigenvalue weighted by Gasteiger charge is -2.16. The first-order valence-corrected chi connectivity index (χ1v) is 8.24. The maximum absolute atomic E-state index is 12.3. The van der Waals surface area contributed by atoms with Crippen molar-refractivity contribution in [2.24, 2.45) is 0 Å². The van der Waals surface area contributed by atoms with Gasteiger partial charge in [-0.25, -0.2) is 0 Å². The summed E-state index contributed by atoms with van der Waals surface area (Å²) in [5.74, 6) is -0.106. The van der Waals surface area contributed by atoms with Crippen LogP contribution in [-0.2, 0) is 11.3 Å². The molecule has 0 aromatic heterocycles. The summed E-state index contributed by atoms with van der Waals surface area (Å²) in [6, 6.07) is 11.8. The molecule has 5 heteroatoms. The third kappa shape index (κ3) is 4.71. The number of likely N-dealkylation sites (N-methyl/N-ethyl adjacent to an activating group) is 1. The number of benzene rings is 2. The number of carbonyl (C=O) groups is 1. The van der Waals surface area contributed by atoms with Crippen molar-refractivity contribution < 1.29 is 9.69 Å². The lowest BCUT2D eigenvalue weighted by molar-refractivity contribution is -0.885. The van der Waals surface area contributed by atoms with Gasteiger partial charge in [0.2, 0.25) is 0 Å². The minimum absolute atomic E-state index is 0.106. The van der Waals surface area contributed by atoms with E-state index >= 15 is 0 Å². The molecule has 0 aliphatic carbocycles. The Morgan fingerprint density at radius 3 is 2.48 bits per heavy atom. The van der Waals surface area contributed by atoms with E-state index in [1.807, 2.05) is 32.2 Å². The number of quaternary nitrogens is 1. The molecule has 0 aliphatic heterocycles. The topological polar surface area (TPSA) is 33.5 Å². The van der Waals surface area contributed by atoms with Crippen molar-refractivity contribution in [2.45, 2.75) is 20.4 Å². The number of nitrogens with one attached hydrogen (secondary N) is 2. The summed E-state index contributed by atoms with van der Waals surface area (Å²) in [6.45, 7) is 5.09. The van der Waals surface area contributed by atoms with Crippen LogP contribution in [0.3, 0.4) is 0 Å².